The third kappa shape index (κ3) is 5.03. The zero-order valence-electron chi connectivity index (χ0n) is 17.7. The van der Waals surface area contributed by atoms with E-state index >= 15 is 0 Å². The second-order valence-corrected chi connectivity index (χ2v) is 19.5. The van der Waals surface area contributed by atoms with Crippen molar-refractivity contribution in [3.63, 3.8) is 0 Å². The van der Waals surface area contributed by atoms with Crippen LogP contribution in [0.3, 0.4) is 0 Å². The average Bonchev–Trinajstić information content (AvgIpc) is 2.72. The minimum Gasteiger partial charge on any atom is -0.411 e. The van der Waals surface area contributed by atoms with Crippen molar-refractivity contribution in [2.75, 3.05) is 0 Å². The highest BCUT2D eigenvalue weighted by molar-refractivity contribution is 6.74. The molecule has 0 aliphatic carbocycles. The molecule has 0 unspecified atom stereocenters. The van der Waals surface area contributed by atoms with Gasteiger partial charge in [0.1, 0.15) is 0 Å². The van der Waals surface area contributed by atoms with E-state index in [-0.39, 0.29) is 10.1 Å². The summed E-state index contributed by atoms with van der Waals surface area (Å²) in [7, 11) is -1.51. The van der Waals surface area contributed by atoms with E-state index in [1.165, 1.54) is 0 Å². The van der Waals surface area contributed by atoms with Crippen LogP contribution < -0.4 is 0 Å². The molecule has 0 saturated heterocycles. The van der Waals surface area contributed by atoms with Gasteiger partial charge >= 0.3 is 0 Å². The lowest BCUT2D eigenvalue weighted by Gasteiger charge is -2.37. The third-order valence-electron chi connectivity index (χ3n) is 5.90. The second-order valence-electron chi connectivity index (χ2n) is 9.85. The monoisotopic (exact) mass is 370 g/mol. The highest BCUT2D eigenvalue weighted by Gasteiger charge is 2.38. The molecule has 1 heterocycles. The van der Waals surface area contributed by atoms with Gasteiger partial charge < -0.3 is 13.4 Å². The van der Waals surface area contributed by atoms with Crippen LogP contribution in [0, 0.1) is 0 Å². The smallest absolute Gasteiger partial charge is 0.192 e. The summed E-state index contributed by atoms with van der Waals surface area (Å²) < 4.78 is 14.8. The molecule has 0 aliphatic rings. The molecule has 0 bridgehead atoms. The molecule has 0 amide bonds. The Morgan fingerprint density at radius 2 is 1.29 bits per heavy atom. The van der Waals surface area contributed by atoms with Crippen LogP contribution in [0.1, 0.15) is 52.9 Å². The Balaban J connectivity index is 2.84. The molecule has 0 aliphatic heterocycles. The van der Waals surface area contributed by atoms with E-state index in [4.69, 9.17) is 8.85 Å². The second kappa shape index (κ2) is 7.06. The molecule has 1 aromatic heterocycles. The first-order valence-electron chi connectivity index (χ1n) is 8.85. The normalized spacial score (nSPS) is 14.3. The summed E-state index contributed by atoms with van der Waals surface area (Å²) in [5.41, 5.74) is 2.15. The van der Waals surface area contributed by atoms with Crippen LogP contribution in [-0.4, -0.2) is 26.2 Å². The Hall–Kier alpha value is -0.436. The Morgan fingerprint density at radius 1 is 0.875 bits per heavy atom. The van der Waals surface area contributed by atoms with Crippen molar-refractivity contribution in [1.29, 1.82) is 0 Å². The molecule has 24 heavy (non-hydrogen) atoms. The van der Waals surface area contributed by atoms with Crippen LogP contribution in [-0.2, 0) is 29.1 Å². The van der Waals surface area contributed by atoms with E-state index in [1.807, 2.05) is 13.4 Å². The number of aromatic nitrogens is 2. The molecule has 0 saturated carbocycles. The van der Waals surface area contributed by atoms with Crippen LogP contribution in [0.2, 0.25) is 36.3 Å². The number of aryl methyl sites for hydroxylation is 1. The van der Waals surface area contributed by atoms with Crippen LogP contribution in [0.4, 0.5) is 0 Å². The Labute approximate surface area is 151 Å². The maximum atomic E-state index is 6.39. The van der Waals surface area contributed by atoms with Gasteiger partial charge in [-0.15, -0.1) is 0 Å². The van der Waals surface area contributed by atoms with Crippen molar-refractivity contribution >= 4 is 16.6 Å². The zero-order valence-corrected chi connectivity index (χ0v) is 19.7. The van der Waals surface area contributed by atoms with Gasteiger partial charge in [-0.05, 0) is 36.3 Å². The molecule has 4 nitrogen and oxygen atoms in total. The van der Waals surface area contributed by atoms with Gasteiger partial charge in [-0.1, -0.05) is 41.5 Å². The zero-order chi connectivity index (χ0) is 19.0. The Morgan fingerprint density at radius 3 is 1.71 bits per heavy atom. The van der Waals surface area contributed by atoms with E-state index in [1.54, 1.807) is 0 Å². The number of hydrogen-bond acceptors (Lipinski definition) is 3. The van der Waals surface area contributed by atoms with Gasteiger partial charge in [0, 0.05) is 7.05 Å². The maximum Gasteiger partial charge on any atom is 0.192 e. The van der Waals surface area contributed by atoms with Crippen molar-refractivity contribution in [3.05, 3.63) is 17.7 Å². The quantitative estimate of drug-likeness (QED) is 0.623. The van der Waals surface area contributed by atoms with Gasteiger partial charge in [0.25, 0.3) is 0 Å². The van der Waals surface area contributed by atoms with Crippen molar-refractivity contribution in [3.8, 4) is 0 Å². The first-order chi connectivity index (χ1) is 10.6. The number of hydrogen-bond donors (Lipinski definition) is 0. The van der Waals surface area contributed by atoms with Gasteiger partial charge in [-0.2, -0.15) is 0 Å². The van der Waals surface area contributed by atoms with Crippen molar-refractivity contribution < 1.29 is 8.85 Å². The number of imidazole rings is 1. The molecule has 0 aromatic carbocycles. The van der Waals surface area contributed by atoms with Gasteiger partial charge in [0.15, 0.2) is 16.6 Å². The van der Waals surface area contributed by atoms with Crippen LogP contribution in [0.25, 0.3) is 0 Å². The van der Waals surface area contributed by atoms with E-state index < -0.39 is 16.6 Å². The summed E-state index contributed by atoms with van der Waals surface area (Å²) in [6.45, 7) is 23.9. The molecule has 0 spiro atoms. The summed E-state index contributed by atoms with van der Waals surface area (Å²) in [6.07, 6.45) is 1.87. The summed E-state index contributed by atoms with van der Waals surface area (Å²) in [5.74, 6) is 0. The minimum atomic E-state index is -1.77. The van der Waals surface area contributed by atoms with Gasteiger partial charge in [-0.25, -0.2) is 4.98 Å². The Kier molecular flexibility index (Phi) is 6.35. The largest absolute Gasteiger partial charge is 0.411 e. The van der Waals surface area contributed by atoms with Crippen LogP contribution in [0.5, 0.6) is 0 Å². The maximum absolute atomic E-state index is 6.39. The topological polar surface area (TPSA) is 36.3 Å². The fraction of sp³-hybridized carbons (Fsp3) is 0.833. The summed E-state index contributed by atoms with van der Waals surface area (Å²) in [6, 6.07) is 0. The number of rotatable bonds is 6. The summed E-state index contributed by atoms with van der Waals surface area (Å²) >= 11 is 0. The average molecular weight is 371 g/mol. The number of nitrogens with zero attached hydrogens (tertiary/aromatic N) is 2. The van der Waals surface area contributed by atoms with E-state index in [0.29, 0.717) is 13.2 Å². The fourth-order valence-corrected chi connectivity index (χ4v) is 3.60. The molecule has 0 fully saturated rings. The molecule has 140 valence electrons. The van der Waals surface area contributed by atoms with E-state index in [9.17, 15) is 0 Å². The van der Waals surface area contributed by atoms with Crippen LogP contribution in [0.15, 0.2) is 6.33 Å². The van der Waals surface area contributed by atoms with Crippen molar-refractivity contribution in [2.24, 2.45) is 7.05 Å². The van der Waals surface area contributed by atoms with E-state index in [2.05, 4.69) is 77.3 Å². The lowest BCUT2D eigenvalue weighted by molar-refractivity contribution is 0.250. The third-order valence-corrected chi connectivity index (χ3v) is 14.9. The minimum absolute atomic E-state index is 0.208. The van der Waals surface area contributed by atoms with Crippen molar-refractivity contribution in [2.45, 2.75) is 91.0 Å². The molecule has 1 rings (SSSR count). The molecule has 0 N–H and O–H groups in total. The van der Waals surface area contributed by atoms with E-state index in [0.717, 1.165) is 11.4 Å². The molecule has 0 radical (unpaired) electrons. The standard InChI is InChI=1S/C18H38N2O2Si2/c1-17(2,3)23(8,9)21-12-15-16(20(7)14-19-15)13-22-24(10,11)18(4,5)6/h14H,12-13H2,1-11H3. The molecular weight excluding hydrogens is 332 g/mol. The molecule has 1 aromatic rings. The van der Waals surface area contributed by atoms with Crippen LogP contribution >= 0.6 is 0 Å². The molecule has 0 atom stereocenters. The lowest BCUT2D eigenvalue weighted by atomic mass is 10.2. The highest BCUT2D eigenvalue weighted by atomic mass is 28.4. The first kappa shape index (κ1) is 21.6. The molecule has 6 heteroatoms. The fourth-order valence-electron chi connectivity index (χ4n) is 1.74. The predicted octanol–water partition coefficient (Wildman–Crippen LogP) is 5.46. The highest BCUT2D eigenvalue weighted by Crippen LogP contribution is 2.38. The summed E-state index contributed by atoms with van der Waals surface area (Å²) in [5, 5.41) is 0.420. The SMILES string of the molecule is Cn1cnc(CO[Si](C)(C)C(C)(C)C)c1CO[Si](C)(C)C(C)(C)C. The lowest BCUT2D eigenvalue weighted by Crippen LogP contribution is -2.41. The Bertz CT molecular complexity index is 552. The molecular formula is C18H38N2O2Si2. The van der Waals surface area contributed by atoms with Gasteiger partial charge in [-0.3, -0.25) is 0 Å². The van der Waals surface area contributed by atoms with Gasteiger partial charge in [0.05, 0.1) is 30.9 Å². The summed E-state index contributed by atoms with van der Waals surface area (Å²) in [4.78, 5) is 4.56. The predicted molar refractivity (Wildman–Crippen MR) is 107 cm³/mol. The van der Waals surface area contributed by atoms with Crippen molar-refractivity contribution in [1.82, 2.24) is 9.55 Å². The van der Waals surface area contributed by atoms with Gasteiger partial charge in [0.2, 0.25) is 0 Å². The first-order valence-corrected chi connectivity index (χ1v) is 14.7.